The van der Waals surface area contributed by atoms with Crippen molar-refractivity contribution in [3.63, 3.8) is 0 Å². The molecule has 0 amide bonds. The second-order valence-corrected chi connectivity index (χ2v) is 5.63. The van der Waals surface area contributed by atoms with Gasteiger partial charge < -0.3 is 14.2 Å². The Morgan fingerprint density at radius 3 is 2.39 bits per heavy atom. The molecule has 1 saturated heterocycles. The van der Waals surface area contributed by atoms with E-state index in [-0.39, 0.29) is 10.6 Å². The molecule has 2 N–H and O–H groups in total. The van der Waals surface area contributed by atoms with Gasteiger partial charge in [-0.25, -0.2) is 13.6 Å². The fraction of sp³-hybridized carbons (Fsp3) is 0.455. The Balaban J connectivity index is 2.53. The minimum Gasteiger partial charge on any atom is -0.495 e. The summed E-state index contributed by atoms with van der Waals surface area (Å²) >= 11 is 0. The molecule has 6 nitrogen and oxygen atoms in total. The molecule has 1 aromatic carbocycles. The van der Waals surface area contributed by atoms with E-state index in [9.17, 15) is 8.42 Å². The van der Waals surface area contributed by atoms with Crippen molar-refractivity contribution in [2.45, 2.75) is 10.5 Å². The van der Waals surface area contributed by atoms with Crippen LogP contribution in [-0.2, 0) is 25.1 Å². The molecule has 0 unspecified atom stereocenters. The van der Waals surface area contributed by atoms with Gasteiger partial charge in [0.2, 0.25) is 10.0 Å². The predicted molar refractivity (Wildman–Crippen MR) is 63.9 cm³/mol. The first-order valence-corrected chi connectivity index (χ1v) is 6.82. The van der Waals surface area contributed by atoms with Gasteiger partial charge in [0.05, 0.1) is 20.3 Å². The van der Waals surface area contributed by atoms with Crippen molar-refractivity contribution in [2.75, 3.05) is 27.4 Å². The van der Waals surface area contributed by atoms with Crippen molar-refractivity contribution in [1.82, 2.24) is 0 Å². The van der Waals surface area contributed by atoms with Crippen LogP contribution in [0.4, 0.5) is 0 Å². The van der Waals surface area contributed by atoms with Crippen LogP contribution in [0.1, 0.15) is 5.56 Å². The van der Waals surface area contributed by atoms with Crippen LogP contribution in [0.2, 0.25) is 0 Å². The van der Waals surface area contributed by atoms with Gasteiger partial charge in [0, 0.05) is 7.11 Å². The van der Waals surface area contributed by atoms with Gasteiger partial charge in [0.1, 0.15) is 16.2 Å². The standard InChI is InChI=1S/C11H15NO5S/c1-15-9-4-3-8(5-10(9)18(12,13)14)11(16-2)6-17-7-11/h3-5H,6-7H2,1-2H3,(H2,12,13,14). The van der Waals surface area contributed by atoms with E-state index in [1.165, 1.54) is 13.2 Å². The molecular formula is C11H15NO5S. The molecule has 1 aliphatic rings. The molecule has 0 atom stereocenters. The molecule has 1 aromatic rings. The van der Waals surface area contributed by atoms with E-state index in [0.29, 0.717) is 18.8 Å². The summed E-state index contributed by atoms with van der Waals surface area (Å²) < 4.78 is 38.5. The molecule has 100 valence electrons. The van der Waals surface area contributed by atoms with E-state index in [1.54, 1.807) is 19.2 Å². The summed E-state index contributed by atoms with van der Waals surface area (Å²) in [5.41, 5.74) is 0.118. The summed E-state index contributed by atoms with van der Waals surface area (Å²) in [6.07, 6.45) is 0. The van der Waals surface area contributed by atoms with Crippen LogP contribution in [-0.4, -0.2) is 35.9 Å². The molecule has 7 heteroatoms. The fourth-order valence-corrected chi connectivity index (χ4v) is 2.60. The summed E-state index contributed by atoms with van der Waals surface area (Å²) in [4.78, 5) is -0.0502. The number of hydrogen-bond acceptors (Lipinski definition) is 5. The maximum Gasteiger partial charge on any atom is 0.241 e. The first-order valence-electron chi connectivity index (χ1n) is 5.27. The lowest BCUT2D eigenvalue weighted by Gasteiger charge is -2.40. The Morgan fingerprint density at radius 1 is 1.33 bits per heavy atom. The lowest BCUT2D eigenvalue weighted by atomic mass is 9.92. The van der Waals surface area contributed by atoms with Crippen LogP contribution in [0.15, 0.2) is 23.1 Å². The minimum absolute atomic E-state index is 0.0502. The largest absolute Gasteiger partial charge is 0.495 e. The molecule has 1 aliphatic heterocycles. The Hall–Kier alpha value is -1.15. The van der Waals surface area contributed by atoms with Gasteiger partial charge in [-0.2, -0.15) is 0 Å². The van der Waals surface area contributed by atoms with Gasteiger partial charge in [0.25, 0.3) is 0 Å². The highest BCUT2D eigenvalue weighted by Crippen LogP contribution is 2.36. The minimum atomic E-state index is -3.84. The molecule has 0 radical (unpaired) electrons. The summed E-state index contributed by atoms with van der Waals surface area (Å²) in [5.74, 6) is 0.216. The zero-order valence-corrected chi connectivity index (χ0v) is 11.0. The Labute approximate surface area is 106 Å². The van der Waals surface area contributed by atoms with Crippen LogP contribution >= 0.6 is 0 Å². The molecule has 0 aromatic heterocycles. The van der Waals surface area contributed by atoms with E-state index < -0.39 is 15.6 Å². The summed E-state index contributed by atoms with van der Waals surface area (Å²) in [6, 6.07) is 4.79. The summed E-state index contributed by atoms with van der Waals surface area (Å²) in [5, 5.41) is 5.17. The second kappa shape index (κ2) is 4.51. The third kappa shape index (κ3) is 2.10. The Kier molecular flexibility index (Phi) is 3.33. The summed E-state index contributed by atoms with van der Waals surface area (Å²) in [6.45, 7) is 0.778. The Morgan fingerprint density at radius 2 is 2.00 bits per heavy atom. The third-order valence-corrected chi connectivity index (χ3v) is 3.99. The van der Waals surface area contributed by atoms with Gasteiger partial charge in [0.15, 0.2) is 0 Å². The molecule has 2 rings (SSSR count). The Bertz CT molecular complexity index is 545. The van der Waals surface area contributed by atoms with Gasteiger partial charge >= 0.3 is 0 Å². The van der Waals surface area contributed by atoms with Crippen LogP contribution < -0.4 is 9.88 Å². The SMILES string of the molecule is COc1ccc(C2(OC)COC2)cc1S(N)(=O)=O. The number of primary sulfonamides is 1. The zero-order chi connectivity index (χ0) is 13.4. The van der Waals surface area contributed by atoms with Crippen molar-refractivity contribution < 1.29 is 22.6 Å². The second-order valence-electron chi connectivity index (χ2n) is 4.10. The van der Waals surface area contributed by atoms with Crippen LogP contribution in [0.25, 0.3) is 0 Å². The lowest BCUT2D eigenvalue weighted by Crippen LogP contribution is -2.48. The van der Waals surface area contributed by atoms with E-state index >= 15 is 0 Å². The molecule has 18 heavy (non-hydrogen) atoms. The molecule has 0 bridgehead atoms. The number of ether oxygens (including phenoxy) is 3. The quantitative estimate of drug-likeness (QED) is 0.847. The van der Waals surface area contributed by atoms with Crippen molar-refractivity contribution in [1.29, 1.82) is 0 Å². The zero-order valence-electron chi connectivity index (χ0n) is 10.2. The highest BCUT2D eigenvalue weighted by molar-refractivity contribution is 7.89. The smallest absolute Gasteiger partial charge is 0.241 e. The number of benzene rings is 1. The molecule has 0 saturated carbocycles. The van der Waals surface area contributed by atoms with Crippen LogP contribution in [0.3, 0.4) is 0 Å². The van der Waals surface area contributed by atoms with Crippen LogP contribution in [0, 0.1) is 0 Å². The van der Waals surface area contributed by atoms with E-state index in [1.807, 2.05) is 0 Å². The van der Waals surface area contributed by atoms with Crippen molar-refractivity contribution in [3.8, 4) is 5.75 Å². The number of sulfonamides is 1. The predicted octanol–water partition coefficient (Wildman–Crippen LogP) is 0.215. The number of rotatable bonds is 4. The van der Waals surface area contributed by atoms with Crippen molar-refractivity contribution in [2.24, 2.45) is 5.14 Å². The van der Waals surface area contributed by atoms with Gasteiger partial charge in [-0.05, 0) is 17.7 Å². The maximum absolute atomic E-state index is 11.5. The number of nitrogens with two attached hydrogens (primary N) is 1. The van der Waals surface area contributed by atoms with Gasteiger partial charge in [-0.1, -0.05) is 6.07 Å². The average molecular weight is 273 g/mol. The monoisotopic (exact) mass is 273 g/mol. The highest BCUT2D eigenvalue weighted by atomic mass is 32.2. The first kappa shape index (κ1) is 13.3. The third-order valence-electron chi connectivity index (χ3n) is 3.06. The van der Waals surface area contributed by atoms with Crippen LogP contribution in [0.5, 0.6) is 5.75 Å². The average Bonchev–Trinajstić information content (AvgIpc) is 2.27. The van der Waals surface area contributed by atoms with E-state index in [2.05, 4.69) is 0 Å². The molecule has 0 spiro atoms. The van der Waals surface area contributed by atoms with Crippen molar-refractivity contribution >= 4 is 10.0 Å². The molecule has 1 fully saturated rings. The van der Waals surface area contributed by atoms with Gasteiger partial charge in [-0.3, -0.25) is 0 Å². The number of methoxy groups -OCH3 is 2. The van der Waals surface area contributed by atoms with Crippen molar-refractivity contribution in [3.05, 3.63) is 23.8 Å². The normalized spacial score (nSPS) is 18.2. The summed E-state index contributed by atoms with van der Waals surface area (Å²) in [7, 11) is -0.892. The fourth-order valence-electron chi connectivity index (χ4n) is 1.87. The molecule has 1 heterocycles. The van der Waals surface area contributed by atoms with E-state index in [4.69, 9.17) is 19.3 Å². The maximum atomic E-state index is 11.5. The number of hydrogen-bond donors (Lipinski definition) is 1. The molecular weight excluding hydrogens is 258 g/mol. The van der Waals surface area contributed by atoms with E-state index in [0.717, 1.165) is 0 Å². The highest BCUT2D eigenvalue weighted by Gasteiger charge is 2.41. The molecule has 0 aliphatic carbocycles. The topological polar surface area (TPSA) is 87.8 Å². The lowest BCUT2D eigenvalue weighted by molar-refractivity contribution is -0.202. The van der Waals surface area contributed by atoms with Gasteiger partial charge in [-0.15, -0.1) is 0 Å². The first-order chi connectivity index (χ1) is 8.43.